The molecule has 0 radical (unpaired) electrons. The van der Waals surface area contributed by atoms with E-state index in [2.05, 4.69) is 0 Å². The molecule has 2 rings (SSSR count). The van der Waals surface area contributed by atoms with Crippen molar-refractivity contribution in [3.05, 3.63) is 54.3 Å². The Morgan fingerprint density at radius 2 is 1.83 bits per heavy atom. The predicted octanol–water partition coefficient (Wildman–Crippen LogP) is 3.58. The smallest absolute Gasteiger partial charge is 0.177 e. The van der Waals surface area contributed by atoms with Gasteiger partial charge < -0.3 is 10.5 Å². The van der Waals surface area contributed by atoms with E-state index in [-0.39, 0.29) is 5.75 Å². The molecule has 0 spiro atoms. The average Bonchev–Trinajstić information content (AvgIpc) is 2.38. The van der Waals surface area contributed by atoms with Crippen molar-refractivity contribution in [2.24, 2.45) is 0 Å². The standard InChI is InChI=1S/C14H14FNOS/c15-12-7-4-8-13(16)14(12)17-9-10-18-11-5-2-1-3-6-11/h1-8H,9-10,16H2. The van der Waals surface area contributed by atoms with Gasteiger partial charge in [0.1, 0.15) is 0 Å². The molecule has 0 unspecified atom stereocenters. The van der Waals surface area contributed by atoms with Gasteiger partial charge >= 0.3 is 0 Å². The van der Waals surface area contributed by atoms with E-state index >= 15 is 0 Å². The number of halogens is 1. The second-order valence-electron chi connectivity index (χ2n) is 3.67. The molecule has 0 aliphatic carbocycles. The first kappa shape index (κ1) is 12.8. The highest BCUT2D eigenvalue weighted by Crippen LogP contribution is 2.25. The SMILES string of the molecule is Nc1cccc(F)c1OCCSc1ccccc1. The van der Waals surface area contributed by atoms with E-state index < -0.39 is 5.82 Å². The van der Waals surface area contributed by atoms with Crippen molar-refractivity contribution in [3.8, 4) is 5.75 Å². The van der Waals surface area contributed by atoms with Gasteiger partial charge in [0.15, 0.2) is 11.6 Å². The number of nitrogens with two attached hydrogens (primary N) is 1. The van der Waals surface area contributed by atoms with Gasteiger partial charge in [0, 0.05) is 10.6 Å². The molecule has 2 aromatic rings. The minimum Gasteiger partial charge on any atom is -0.487 e. The molecule has 2 N–H and O–H groups in total. The molecule has 0 fully saturated rings. The van der Waals surface area contributed by atoms with E-state index in [1.54, 1.807) is 23.9 Å². The molecule has 2 aromatic carbocycles. The normalized spacial score (nSPS) is 10.3. The van der Waals surface area contributed by atoms with Gasteiger partial charge in [-0.1, -0.05) is 24.3 Å². The van der Waals surface area contributed by atoms with Gasteiger partial charge in [0.05, 0.1) is 12.3 Å². The highest BCUT2D eigenvalue weighted by atomic mass is 32.2. The minimum absolute atomic E-state index is 0.145. The highest BCUT2D eigenvalue weighted by molar-refractivity contribution is 7.99. The van der Waals surface area contributed by atoms with Gasteiger partial charge in [-0.05, 0) is 24.3 Å². The zero-order valence-corrected chi connectivity index (χ0v) is 10.6. The number of benzene rings is 2. The fourth-order valence-corrected chi connectivity index (χ4v) is 2.25. The lowest BCUT2D eigenvalue weighted by Crippen LogP contribution is -2.04. The van der Waals surface area contributed by atoms with Crippen LogP contribution in [0.2, 0.25) is 0 Å². The molecule has 0 aliphatic heterocycles. The number of anilines is 1. The fourth-order valence-electron chi connectivity index (χ4n) is 1.50. The third-order valence-electron chi connectivity index (χ3n) is 2.34. The van der Waals surface area contributed by atoms with E-state index in [9.17, 15) is 4.39 Å². The Morgan fingerprint density at radius 3 is 2.56 bits per heavy atom. The summed E-state index contributed by atoms with van der Waals surface area (Å²) in [7, 11) is 0. The molecule has 0 bridgehead atoms. The molecule has 0 aliphatic rings. The van der Waals surface area contributed by atoms with E-state index in [0.717, 1.165) is 5.75 Å². The van der Waals surface area contributed by atoms with Crippen LogP contribution in [-0.4, -0.2) is 12.4 Å². The summed E-state index contributed by atoms with van der Waals surface area (Å²) in [6, 6.07) is 14.5. The van der Waals surface area contributed by atoms with Crippen LogP contribution in [0.25, 0.3) is 0 Å². The Bertz CT molecular complexity index is 484. The quantitative estimate of drug-likeness (QED) is 0.509. The lowest BCUT2D eigenvalue weighted by molar-refractivity contribution is 0.327. The summed E-state index contributed by atoms with van der Waals surface area (Å²) in [5, 5.41) is 0. The number of para-hydroxylation sites is 1. The van der Waals surface area contributed by atoms with Crippen LogP contribution in [0.5, 0.6) is 5.75 Å². The molecule has 4 heteroatoms. The average molecular weight is 263 g/mol. The number of hydrogen-bond acceptors (Lipinski definition) is 3. The summed E-state index contributed by atoms with van der Waals surface area (Å²) in [4.78, 5) is 1.17. The van der Waals surface area contributed by atoms with Crippen molar-refractivity contribution in [2.75, 3.05) is 18.1 Å². The molecule has 0 saturated heterocycles. The maximum atomic E-state index is 13.4. The molecular formula is C14H14FNOS. The fraction of sp³-hybridized carbons (Fsp3) is 0.143. The van der Waals surface area contributed by atoms with Crippen molar-refractivity contribution in [3.63, 3.8) is 0 Å². The monoisotopic (exact) mass is 263 g/mol. The van der Waals surface area contributed by atoms with Crippen molar-refractivity contribution in [1.29, 1.82) is 0 Å². The van der Waals surface area contributed by atoms with E-state index in [1.807, 2.05) is 30.3 Å². The maximum absolute atomic E-state index is 13.4. The third kappa shape index (κ3) is 3.40. The zero-order valence-electron chi connectivity index (χ0n) is 9.80. The Labute approximate surface area is 110 Å². The molecule has 0 heterocycles. The lowest BCUT2D eigenvalue weighted by atomic mass is 10.3. The number of nitrogen functional groups attached to an aromatic ring is 1. The predicted molar refractivity (Wildman–Crippen MR) is 73.5 cm³/mol. The molecule has 0 saturated carbocycles. The highest BCUT2D eigenvalue weighted by Gasteiger charge is 2.06. The van der Waals surface area contributed by atoms with Gasteiger partial charge in [-0.3, -0.25) is 0 Å². The Balaban J connectivity index is 1.82. The molecule has 0 aromatic heterocycles. The lowest BCUT2D eigenvalue weighted by Gasteiger charge is -2.09. The van der Waals surface area contributed by atoms with Crippen molar-refractivity contribution in [1.82, 2.24) is 0 Å². The summed E-state index contributed by atoms with van der Waals surface area (Å²) in [5.74, 6) is 0.475. The molecule has 0 amide bonds. The maximum Gasteiger partial charge on any atom is 0.177 e. The van der Waals surface area contributed by atoms with Crippen LogP contribution in [-0.2, 0) is 0 Å². The summed E-state index contributed by atoms with van der Waals surface area (Å²) in [6.45, 7) is 0.421. The van der Waals surface area contributed by atoms with Crippen LogP contribution < -0.4 is 10.5 Å². The van der Waals surface area contributed by atoms with Crippen LogP contribution in [0.15, 0.2) is 53.4 Å². The summed E-state index contributed by atoms with van der Waals surface area (Å²) in [6.07, 6.45) is 0. The van der Waals surface area contributed by atoms with Gasteiger partial charge in [-0.2, -0.15) is 0 Å². The van der Waals surface area contributed by atoms with E-state index in [1.165, 1.54) is 11.0 Å². The Kier molecular flexibility index (Phi) is 4.47. The molecule has 18 heavy (non-hydrogen) atoms. The molecule has 0 atom stereocenters. The second-order valence-corrected chi connectivity index (χ2v) is 4.84. The van der Waals surface area contributed by atoms with Crippen LogP contribution in [0, 0.1) is 5.82 Å². The van der Waals surface area contributed by atoms with Gasteiger partial charge in [-0.25, -0.2) is 4.39 Å². The number of hydrogen-bond donors (Lipinski definition) is 1. The number of rotatable bonds is 5. The topological polar surface area (TPSA) is 35.2 Å². The minimum atomic E-state index is -0.417. The third-order valence-corrected chi connectivity index (χ3v) is 3.32. The Morgan fingerprint density at radius 1 is 1.06 bits per heavy atom. The molecular weight excluding hydrogens is 249 g/mol. The molecule has 94 valence electrons. The van der Waals surface area contributed by atoms with Gasteiger partial charge in [0.25, 0.3) is 0 Å². The second kappa shape index (κ2) is 6.31. The number of thioether (sulfide) groups is 1. The van der Waals surface area contributed by atoms with Gasteiger partial charge in [-0.15, -0.1) is 11.8 Å². The summed E-state index contributed by atoms with van der Waals surface area (Å²) < 4.78 is 18.8. The Hall–Kier alpha value is -1.68. The van der Waals surface area contributed by atoms with Crippen LogP contribution in [0.3, 0.4) is 0 Å². The summed E-state index contributed by atoms with van der Waals surface area (Å²) in [5.41, 5.74) is 5.98. The van der Waals surface area contributed by atoms with Crippen LogP contribution in [0.4, 0.5) is 10.1 Å². The number of ether oxygens (including phenoxy) is 1. The largest absolute Gasteiger partial charge is 0.487 e. The first-order chi connectivity index (χ1) is 8.77. The van der Waals surface area contributed by atoms with E-state index in [0.29, 0.717) is 12.3 Å². The van der Waals surface area contributed by atoms with E-state index in [4.69, 9.17) is 10.5 Å². The van der Waals surface area contributed by atoms with Gasteiger partial charge in [0.2, 0.25) is 0 Å². The first-order valence-corrected chi connectivity index (χ1v) is 6.60. The summed E-state index contributed by atoms with van der Waals surface area (Å²) >= 11 is 1.66. The van der Waals surface area contributed by atoms with Crippen LogP contribution >= 0.6 is 11.8 Å². The van der Waals surface area contributed by atoms with Crippen molar-refractivity contribution in [2.45, 2.75) is 4.90 Å². The molecule has 2 nitrogen and oxygen atoms in total. The first-order valence-electron chi connectivity index (χ1n) is 5.62. The van der Waals surface area contributed by atoms with Crippen molar-refractivity contribution >= 4 is 17.4 Å². The zero-order chi connectivity index (χ0) is 12.8. The van der Waals surface area contributed by atoms with Crippen molar-refractivity contribution < 1.29 is 9.13 Å². The van der Waals surface area contributed by atoms with Crippen LogP contribution in [0.1, 0.15) is 0 Å².